The quantitative estimate of drug-likeness (QED) is 0.0693. The van der Waals surface area contributed by atoms with Crippen LogP contribution in [0.1, 0.15) is 95.6 Å². The van der Waals surface area contributed by atoms with E-state index >= 15 is 0 Å². The number of hydrogen-bond acceptors (Lipinski definition) is 2. The molecule has 416 valence electrons. The fraction of sp³-hybridized carbons (Fsp3) is 0.333. The minimum Gasteiger partial charge on any atom is -0.423 e. The Morgan fingerprint density at radius 2 is 0.513 bits per heavy atom. The lowest BCUT2D eigenvalue weighted by molar-refractivity contribution is -0.636. The first-order valence-corrected chi connectivity index (χ1v) is 23.9. The van der Waals surface area contributed by atoms with Gasteiger partial charge in [-0.3, -0.25) is 0 Å². The first kappa shape index (κ1) is 61.4. The molecule has 0 spiro atoms. The molecule has 0 N–H and O–H groups in total. The van der Waals surface area contributed by atoms with Gasteiger partial charge >= 0.3 is 78.1 Å². The lowest BCUT2D eigenvalue weighted by Crippen LogP contribution is -3.61. The van der Waals surface area contributed by atoms with E-state index in [1.807, 2.05) is 0 Å². The van der Waals surface area contributed by atoms with Crippen molar-refractivity contribution in [2.45, 2.75) is 102 Å². The molecule has 2 heterocycles. The van der Waals surface area contributed by atoms with Crippen LogP contribution >= 0.6 is 0 Å². The van der Waals surface area contributed by atoms with Crippen LogP contribution in [0.4, 0.5) is 105 Å². The van der Waals surface area contributed by atoms with E-state index in [-0.39, 0.29) is 21.2 Å². The van der Waals surface area contributed by atoms with Gasteiger partial charge in [-0.05, 0) is 49.2 Å². The summed E-state index contributed by atoms with van der Waals surface area (Å²) in [6.45, 7) is 4.41. The summed E-state index contributed by atoms with van der Waals surface area (Å²) in [4.78, 5) is 0. The number of furan rings is 2. The van der Waals surface area contributed by atoms with Crippen molar-refractivity contribution in [1.82, 2.24) is 0 Å². The van der Waals surface area contributed by atoms with E-state index in [1.54, 1.807) is 0 Å². The van der Waals surface area contributed by atoms with Crippen LogP contribution in [0, 0.1) is 7.53 Å². The second-order valence-electron chi connectivity index (χ2n) is 16.9. The highest BCUT2D eigenvalue weighted by molar-refractivity contribution is 7.20. The Morgan fingerprint density at radius 3 is 0.684 bits per heavy atom. The van der Waals surface area contributed by atoms with E-state index < -0.39 is 195 Å². The Labute approximate surface area is 424 Å². The van der Waals surface area contributed by atoms with Crippen LogP contribution in [-0.2, 0) is 62.3 Å². The van der Waals surface area contributed by atoms with Gasteiger partial charge in [0, 0.05) is 25.0 Å². The van der Waals surface area contributed by atoms with Crippen molar-refractivity contribution in [1.29, 1.82) is 0 Å². The molecule has 0 radical (unpaired) electrons. The first-order valence-electron chi connectivity index (χ1n) is 21.8. The van der Waals surface area contributed by atoms with E-state index in [0.29, 0.717) is 0 Å². The number of rotatable bonds is 12. The molecule has 0 amide bonds. The van der Waals surface area contributed by atoms with Gasteiger partial charge < -0.3 is 8.83 Å². The maximum atomic E-state index is 14.2. The Kier molecular flexibility index (Phi) is 17.9. The summed E-state index contributed by atoms with van der Waals surface area (Å²) in [5.74, 6) is 2.24. The zero-order chi connectivity index (χ0) is 57.4. The summed E-state index contributed by atoms with van der Waals surface area (Å²) in [6.07, 6.45) is -47.9. The van der Waals surface area contributed by atoms with Gasteiger partial charge in [0.05, 0.1) is 44.5 Å². The van der Waals surface area contributed by atoms with Crippen LogP contribution in [0.2, 0.25) is 0 Å². The Hall–Kier alpha value is -5.45. The molecular weight excluding hydrogens is 1200 g/mol. The molecule has 4 aromatic carbocycles. The molecule has 6 aromatic rings. The lowest BCUT2D eigenvalue weighted by Gasteiger charge is -2.46. The number of halogens is 25. The fourth-order valence-corrected chi connectivity index (χ4v) is 9.97. The number of aryl methyl sites for hydroxylation is 2. The molecule has 0 unspecified atom stereocenters. The highest BCUT2D eigenvalue weighted by Gasteiger charge is 2.47. The van der Waals surface area contributed by atoms with Crippen LogP contribution < -0.4 is 43.1 Å². The van der Waals surface area contributed by atoms with Gasteiger partial charge in [-0.1, -0.05) is 75.2 Å². The second kappa shape index (κ2) is 22.1. The predicted molar refractivity (Wildman–Crippen MR) is 222 cm³/mol. The molecule has 0 aliphatic carbocycles. The average Bonchev–Trinajstić information content (AvgIpc) is 3.94. The van der Waals surface area contributed by atoms with Crippen LogP contribution in [-0.4, -0.2) is 6.15 Å². The Morgan fingerprint density at radius 1 is 0.316 bits per heavy atom. The predicted octanol–water partition coefficient (Wildman–Crippen LogP) is 12.9. The van der Waals surface area contributed by atoms with Crippen LogP contribution in [0.15, 0.2) is 106 Å². The van der Waals surface area contributed by atoms with Crippen molar-refractivity contribution in [3.63, 3.8) is 0 Å². The van der Waals surface area contributed by atoms with Gasteiger partial charge in [-0.2, -0.15) is 127 Å². The third kappa shape index (κ3) is 15.0. The molecule has 2 aromatic heterocycles. The summed E-state index contributed by atoms with van der Waals surface area (Å²) in [6, 6.07) is -0.342. The smallest absolute Gasteiger partial charge is 0.423 e. The monoisotopic (exact) mass is 1240 g/mol. The summed E-state index contributed by atoms with van der Waals surface area (Å²) >= 11 is -0.295. The van der Waals surface area contributed by atoms with E-state index in [1.165, 1.54) is 25.7 Å². The second-order valence-corrected chi connectivity index (χ2v) is 19.6. The number of hydrogen-bond donors (Lipinski definition) is 0. The molecule has 0 saturated carbocycles. The van der Waals surface area contributed by atoms with Crippen molar-refractivity contribution in [2.75, 3.05) is 0 Å². The fourth-order valence-electron chi connectivity index (χ4n) is 7.94. The van der Waals surface area contributed by atoms with Gasteiger partial charge in [0.15, 0.2) is 0 Å². The Balaban J connectivity index is 0.000000468. The summed E-state index contributed by atoms with van der Waals surface area (Å²) in [5, 5.41) is 0. The summed E-state index contributed by atoms with van der Waals surface area (Å²) in [7, 11) is 0. The minimum absolute atomic E-state index is 0.295. The molecule has 0 aliphatic rings. The summed E-state index contributed by atoms with van der Waals surface area (Å²) in [5.41, 5.74) is -30.2. The number of alkyl halides is 24. The van der Waals surface area contributed by atoms with Crippen molar-refractivity contribution in [3.05, 3.63) is 161 Å². The molecule has 28 heteroatoms. The van der Waals surface area contributed by atoms with Gasteiger partial charge in [-0.15, -0.1) is 0 Å². The molecule has 0 aliphatic heterocycles. The van der Waals surface area contributed by atoms with E-state index in [4.69, 9.17) is 8.83 Å². The van der Waals surface area contributed by atoms with Gasteiger partial charge in [0.2, 0.25) is 0 Å². The maximum absolute atomic E-state index is 14.2. The molecule has 76 heavy (non-hydrogen) atoms. The standard InChI is InChI=1S/C32H12BF24.C16H22IO2/c34-25(35,36)13-1-14(26(37,38)39)6-21(5-13)33(22-7-15(27(40,41)42)2-16(8-22)28(43,44)45,23-9-17(29(46,47)48)3-18(10-23)30(49,50)51)24-11-19(31(52,53)54)4-20(12-24)32(55,56)57;1-3-5-7-13-9-11-15(18-13)17-16-12-10-14(19-16)8-6-4-2/h1-12H;9-12H,3-8H2,1-2H3/q-1;+1. The van der Waals surface area contributed by atoms with E-state index in [0.717, 1.165) is 31.9 Å². The van der Waals surface area contributed by atoms with Gasteiger partial charge in [0.1, 0.15) is 17.7 Å². The average molecular weight is 1240 g/mol. The summed E-state index contributed by atoms with van der Waals surface area (Å²) < 4.78 is 355. The topological polar surface area (TPSA) is 26.3 Å². The highest BCUT2D eigenvalue weighted by Crippen LogP contribution is 2.41. The highest BCUT2D eigenvalue weighted by atomic mass is 127. The number of unbranched alkanes of at least 4 members (excludes halogenated alkanes) is 2. The van der Waals surface area contributed by atoms with Crippen LogP contribution in [0.5, 0.6) is 0 Å². The number of benzene rings is 4. The molecule has 2 nitrogen and oxygen atoms in total. The molecule has 0 atom stereocenters. The molecule has 0 bridgehead atoms. The maximum Gasteiger partial charge on any atom is 0.442 e. The molecular formula is C48H34BF24IO2. The van der Waals surface area contributed by atoms with Gasteiger partial charge in [-0.25, -0.2) is 0 Å². The van der Waals surface area contributed by atoms with E-state index in [9.17, 15) is 105 Å². The first-order chi connectivity index (χ1) is 34.6. The zero-order valence-corrected chi connectivity index (χ0v) is 40.5. The molecule has 0 saturated heterocycles. The van der Waals surface area contributed by atoms with Crippen molar-refractivity contribution in [2.24, 2.45) is 0 Å². The Bertz CT molecular complexity index is 2460. The normalized spacial score (nSPS) is 13.5. The third-order valence-corrected chi connectivity index (χ3v) is 13.7. The van der Waals surface area contributed by atoms with Crippen molar-refractivity contribution >= 4 is 28.0 Å². The SMILES string of the molecule is CCCCc1ccc([I+]c2ccc(CCCC)o2)o1.FC(F)(F)c1cc([B-](c2cc(C(F)(F)F)cc(C(F)(F)F)c2)(c2cc(C(F)(F)F)cc(C(F)(F)F)c2)c2cc(C(F)(F)F)cc(C(F)(F)F)c2)cc(C(F)(F)F)c1. The molecule has 0 fully saturated rings. The minimum atomic E-state index is -6.13. The largest absolute Gasteiger partial charge is 0.442 e. The van der Waals surface area contributed by atoms with Crippen molar-refractivity contribution in [3.8, 4) is 0 Å². The van der Waals surface area contributed by atoms with Crippen LogP contribution in [0.3, 0.4) is 0 Å². The lowest BCUT2D eigenvalue weighted by atomic mass is 9.12. The van der Waals surface area contributed by atoms with Crippen LogP contribution in [0.25, 0.3) is 0 Å². The zero-order valence-electron chi connectivity index (χ0n) is 38.3. The van der Waals surface area contributed by atoms with Gasteiger partial charge in [0.25, 0.3) is 0 Å². The van der Waals surface area contributed by atoms with Crippen molar-refractivity contribution < 1.29 is 135 Å². The molecule has 6 rings (SSSR count). The third-order valence-electron chi connectivity index (χ3n) is 11.4. The van der Waals surface area contributed by atoms with E-state index in [2.05, 4.69) is 38.1 Å².